The predicted octanol–water partition coefficient (Wildman–Crippen LogP) is 3.06. The van der Waals surface area contributed by atoms with Crippen molar-refractivity contribution in [2.24, 2.45) is 0 Å². The van der Waals surface area contributed by atoms with Crippen molar-refractivity contribution in [2.45, 2.75) is 44.6 Å². The van der Waals surface area contributed by atoms with Gasteiger partial charge in [-0.05, 0) is 38.5 Å². The lowest BCUT2D eigenvalue weighted by molar-refractivity contribution is -0.119. The van der Waals surface area contributed by atoms with E-state index in [1.165, 1.54) is 11.8 Å². The van der Waals surface area contributed by atoms with E-state index in [2.05, 4.69) is 12.2 Å². The average molecular weight is 296 g/mol. The van der Waals surface area contributed by atoms with Crippen LogP contribution in [-0.4, -0.2) is 24.3 Å². The highest BCUT2D eigenvalue weighted by Gasteiger charge is 2.09. The number of hydrogen-bond donors (Lipinski definition) is 2. The Bertz CT molecular complexity index is 438. The van der Waals surface area contributed by atoms with Crippen molar-refractivity contribution in [3.8, 4) is 5.75 Å². The van der Waals surface area contributed by atoms with Crippen LogP contribution in [0.2, 0.25) is 0 Å². The highest BCUT2D eigenvalue weighted by Crippen LogP contribution is 2.29. The Hall–Kier alpha value is -1.36. The Balaban J connectivity index is 2.52. The zero-order valence-corrected chi connectivity index (χ0v) is 13.3. The molecule has 20 heavy (non-hydrogen) atoms. The molecular formula is C15H24N2O2S. The highest BCUT2D eigenvalue weighted by atomic mass is 32.2. The number of rotatable bonds is 8. The highest BCUT2D eigenvalue weighted by molar-refractivity contribution is 8.00. The molecule has 0 saturated heterocycles. The number of thioether (sulfide) groups is 1. The van der Waals surface area contributed by atoms with Gasteiger partial charge in [-0.15, -0.1) is 11.8 Å². The molecule has 5 heteroatoms. The minimum absolute atomic E-state index is 0.0390. The van der Waals surface area contributed by atoms with Crippen molar-refractivity contribution in [3.63, 3.8) is 0 Å². The van der Waals surface area contributed by atoms with Crippen molar-refractivity contribution >= 4 is 23.4 Å². The van der Waals surface area contributed by atoms with Gasteiger partial charge in [-0.1, -0.05) is 13.3 Å². The fourth-order valence-electron chi connectivity index (χ4n) is 1.86. The number of carbonyl (C=O) groups is 1. The summed E-state index contributed by atoms with van der Waals surface area (Å²) in [6.07, 6.45) is 2.07. The van der Waals surface area contributed by atoms with Crippen LogP contribution < -0.4 is 15.8 Å². The minimum atomic E-state index is 0.0390. The summed E-state index contributed by atoms with van der Waals surface area (Å²) in [5, 5.41) is 2.98. The lowest BCUT2D eigenvalue weighted by atomic mass is 10.2. The van der Waals surface area contributed by atoms with Gasteiger partial charge in [0, 0.05) is 16.6 Å². The van der Waals surface area contributed by atoms with E-state index in [1.807, 2.05) is 32.0 Å². The van der Waals surface area contributed by atoms with Crippen LogP contribution in [0.25, 0.3) is 0 Å². The van der Waals surface area contributed by atoms with Crippen LogP contribution in [0.3, 0.4) is 0 Å². The molecule has 1 aromatic rings. The van der Waals surface area contributed by atoms with Crippen molar-refractivity contribution < 1.29 is 9.53 Å². The van der Waals surface area contributed by atoms with E-state index in [4.69, 9.17) is 10.5 Å². The quantitative estimate of drug-likeness (QED) is 0.571. The maximum Gasteiger partial charge on any atom is 0.230 e. The summed E-state index contributed by atoms with van der Waals surface area (Å²) in [4.78, 5) is 12.7. The number of nitrogen functional groups attached to an aromatic ring is 1. The number of carbonyl (C=O) groups excluding carboxylic acids is 1. The standard InChI is InChI=1S/C15H24N2O2S/c1-4-6-11(3)17-15(18)10-20-14-9-12(19-5-2)7-8-13(14)16/h7-9,11H,4-6,10,16H2,1-3H3,(H,17,18). The summed E-state index contributed by atoms with van der Waals surface area (Å²) in [7, 11) is 0. The van der Waals surface area contributed by atoms with E-state index in [1.54, 1.807) is 0 Å². The minimum Gasteiger partial charge on any atom is -0.494 e. The molecule has 1 unspecified atom stereocenters. The van der Waals surface area contributed by atoms with Gasteiger partial charge in [0.05, 0.1) is 12.4 Å². The van der Waals surface area contributed by atoms with E-state index in [0.717, 1.165) is 23.5 Å². The summed E-state index contributed by atoms with van der Waals surface area (Å²) in [5.41, 5.74) is 6.59. The number of nitrogens with one attached hydrogen (secondary N) is 1. The van der Waals surface area contributed by atoms with Crippen LogP contribution in [0.15, 0.2) is 23.1 Å². The summed E-state index contributed by atoms with van der Waals surface area (Å²) < 4.78 is 5.44. The molecule has 0 aromatic heterocycles. The van der Waals surface area contributed by atoms with Crippen molar-refractivity contribution in [1.29, 1.82) is 0 Å². The first-order valence-corrected chi connectivity index (χ1v) is 7.99. The Labute approximate surface area is 125 Å². The molecule has 1 amide bonds. The van der Waals surface area contributed by atoms with Gasteiger partial charge in [0.1, 0.15) is 5.75 Å². The molecule has 1 aromatic carbocycles. The third-order valence-corrected chi connectivity index (χ3v) is 3.85. The molecule has 0 heterocycles. The normalized spacial score (nSPS) is 11.9. The lowest BCUT2D eigenvalue weighted by Crippen LogP contribution is -2.33. The summed E-state index contributed by atoms with van der Waals surface area (Å²) in [6, 6.07) is 5.75. The third kappa shape index (κ3) is 5.74. The molecule has 0 aliphatic rings. The SMILES string of the molecule is CCCC(C)NC(=O)CSc1cc(OCC)ccc1N. The first-order chi connectivity index (χ1) is 9.56. The van der Waals surface area contributed by atoms with Crippen LogP contribution in [0, 0.1) is 0 Å². The predicted molar refractivity (Wildman–Crippen MR) is 85.3 cm³/mol. The molecule has 1 atom stereocenters. The fourth-order valence-corrected chi connectivity index (χ4v) is 2.67. The molecule has 1 rings (SSSR count). The van der Waals surface area contributed by atoms with Gasteiger partial charge in [-0.3, -0.25) is 4.79 Å². The maximum atomic E-state index is 11.8. The van der Waals surface area contributed by atoms with Gasteiger partial charge in [-0.2, -0.15) is 0 Å². The van der Waals surface area contributed by atoms with Gasteiger partial charge < -0.3 is 15.8 Å². The molecule has 4 nitrogen and oxygen atoms in total. The van der Waals surface area contributed by atoms with Crippen molar-refractivity contribution in [1.82, 2.24) is 5.32 Å². The smallest absolute Gasteiger partial charge is 0.230 e. The molecule has 112 valence electrons. The number of anilines is 1. The molecule has 0 fully saturated rings. The Kier molecular flexibility index (Phi) is 7.30. The van der Waals surface area contributed by atoms with Crippen molar-refractivity contribution in [2.75, 3.05) is 18.1 Å². The van der Waals surface area contributed by atoms with Gasteiger partial charge in [-0.25, -0.2) is 0 Å². The number of amides is 1. The van der Waals surface area contributed by atoms with Crippen LogP contribution >= 0.6 is 11.8 Å². The second-order valence-electron chi connectivity index (χ2n) is 4.68. The van der Waals surface area contributed by atoms with Gasteiger partial charge in [0.25, 0.3) is 0 Å². The number of hydrogen-bond acceptors (Lipinski definition) is 4. The number of nitrogens with two attached hydrogens (primary N) is 1. The second-order valence-corrected chi connectivity index (χ2v) is 5.70. The molecule has 0 spiro atoms. The van der Waals surface area contributed by atoms with E-state index in [-0.39, 0.29) is 11.9 Å². The molecular weight excluding hydrogens is 272 g/mol. The van der Waals surface area contributed by atoms with E-state index in [0.29, 0.717) is 18.0 Å². The molecule has 3 N–H and O–H groups in total. The second kappa shape index (κ2) is 8.74. The zero-order valence-electron chi connectivity index (χ0n) is 12.4. The zero-order chi connectivity index (χ0) is 15.0. The number of ether oxygens (including phenoxy) is 1. The molecule has 0 radical (unpaired) electrons. The lowest BCUT2D eigenvalue weighted by Gasteiger charge is -2.13. The summed E-state index contributed by atoms with van der Waals surface area (Å²) in [5.74, 6) is 1.19. The largest absolute Gasteiger partial charge is 0.494 e. The first-order valence-electron chi connectivity index (χ1n) is 7.01. The van der Waals surface area contributed by atoms with Gasteiger partial charge in [0.2, 0.25) is 5.91 Å². The van der Waals surface area contributed by atoms with E-state index >= 15 is 0 Å². The summed E-state index contributed by atoms with van der Waals surface area (Å²) >= 11 is 1.44. The third-order valence-electron chi connectivity index (χ3n) is 2.78. The van der Waals surface area contributed by atoms with Crippen LogP contribution in [0.4, 0.5) is 5.69 Å². The van der Waals surface area contributed by atoms with E-state index < -0.39 is 0 Å². The van der Waals surface area contributed by atoms with Gasteiger partial charge >= 0.3 is 0 Å². The topological polar surface area (TPSA) is 64.3 Å². The average Bonchev–Trinajstić information content (AvgIpc) is 2.40. The van der Waals surface area contributed by atoms with Crippen LogP contribution in [-0.2, 0) is 4.79 Å². The van der Waals surface area contributed by atoms with E-state index in [9.17, 15) is 4.79 Å². The Morgan fingerprint density at radius 2 is 2.20 bits per heavy atom. The number of benzene rings is 1. The Morgan fingerprint density at radius 1 is 1.45 bits per heavy atom. The van der Waals surface area contributed by atoms with Crippen LogP contribution in [0.1, 0.15) is 33.6 Å². The molecule has 0 aliphatic heterocycles. The monoisotopic (exact) mass is 296 g/mol. The fraction of sp³-hybridized carbons (Fsp3) is 0.533. The van der Waals surface area contributed by atoms with Gasteiger partial charge in [0.15, 0.2) is 0 Å². The molecule has 0 saturated carbocycles. The molecule has 0 bridgehead atoms. The van der Waals surface area contributed by atoms with Crippen LogP contribution in [0.5, 0.6) is 5.75 Å². The maximum absolute atomic E-state index is 11.8. The Morgan fingerprint density at radius 3 is 2.85 bits per heavy atom. The molecule has 0 aliphatic carbocycles. The van der Waals surface area contributed by atoms with Crippen molar-refractivity contribution in [3.05, 3.63) is 18.2 Å². The summed E-state index contributed by atoms with van der Waals surface area (Å²) in [6.45, 7) is 6.68. The first kappa shape index (κ1) is 16.7.